The zero-order valence-electron chi connectivity index (χ0n) is 20.0. The summed E-state index contributed by atoms with van der Waals surface area (Å²) in [5.74, 6) is -1.52. The van der Waals surface area contributed by atoms with Crippen molar-refractivity contribution in [2.75, 3.05) is 18.5 Å². The number of ether oxygens (including phenoxy) is 1. The van der Waals surface area contributed by atoms with Gasteiger partial charge >= 0.3 is 0 Å². The molecular formula is C24H31F2N5O3. The van der Waals surface area contributed by atoms with Gasteiger partial charge in [-0.3, -0.25) is 4.40 Å². The highest BCUT2D eigenvalue weighted by Gasteiger charge is 2.35. The minimum atomic E-state index is -1.31. The number of pyridine rings is 1. The summed E-state index contributed by atoms with van der Waals surface area (Å²) in [4.78, 5) is 12.7. The molecule has 0 amide bonds. The van der Waals surface area contributed by atoms with Gasteiger partial charge in [-0.1, -0.05) is 27.7 Å². The fourth-order valence-corrected chi connectivity index (χ4v) is 4.13. The maximum Gasteiger partial charge on any atom is 0.223 e. The number of aliphatic hydroxyl groups excluding tert-OH is 1. The van der Waals surface area contributed by atoms with Crippen molar-refractivity contribution in [3.63, 3.8) is 0 Å². The third kappa shape index (κ3) is 4.37. The lowest BCUT2D eigenvalue weighted by molar-refractivity contribution is -0.0136. The number of aliphatic hydroxyl groups is 2. The normalized spacial score (nSPS) is 20.8. The minimum absolute atomic E-state index is 0.0570. The van der Waals surface area contributed by atoms with E-state index in [2.05, 4.69) is 20.3 Å². The van der Waals surface area contributed by atoms with Gasteiger partial charge in [0.1, 0.15) is 11.3 Å². The highest BCUT2D eigenvalue weighted by molar-refractivity contribution is 5.64. The van der Waals surface area contributed by atoms with Crippen LogP contribution < -0.4 is 5.32 Å². The quantitative estimate of drug-likeness (QED) is 0.500. The highest BCUT2D eigenvalue weighted by atomic mass is 19.1. The Hall–Kier alpha value is -2.69. The number of imidazole rings is 1. The van der Waals surface area contributed by atoms with E-state index in [4.69, 9.17) is 4.74 Å². The van der Waals surface area contributed by atoms with Gasteiger partial charge in [0, 0.05) is 18.4 Å². The minimum Gasteiger partial charge on any atom is -0.389 e. The first-order valence-electron chi connectivity index (χ1n) is 11.5. The van der Waals surface area contributed by atoms with Crippen LogP contribution in [-0.4, -0.2) is 54.9 Å². The molecule has 3 N–H and O–H groups in total. The Kier molecular flexibility index (Phi) is 6.58. The van der Waals surface area contributed by atoms with Crippen molar-refractivity contribution in [3.05, 3.63) is 41.5 Å². The van der Waals surface area contributed by atoms with Crippen LogP contribution in [0.2, 0.25) is 0 Å². The lowest BCUT2D eigenvalue weighted by atomic mass is 9.86. The average Bonchev–Trinajstić information content (AvgIpc) is 3.18. The summed E-state index contributed by atoms with van der Waals surface area (Å²) in [5, 5.41) is 24.5. The van der Waals surface area contributed by atoms with Gasteiger partial charge in [-0.05, 0) is 31.2 Å². The molecule has 34 heavy (non-hydrogen) atoms. The van der Waals surface area contributed by atoms with Gasteiger partial charge in [0.05, 0.1) is 36.3 Å². The van der Waals surface area contributed by atoms with Crippen molar-refractivity contribution in [3.8, 4) is 11.3 Å². The SMILES string of the molecule is CC(C)c1nc2c(F)cc(-c3nc(N[C@@H]4CCOC[C@H]4O)ncc3F)cn2c1C(C)(O)C(C)C. The first kappa shape index (κ1) is 24.4. The number of halogens is 2. The fourth-order valence-electron chi connectivity index (χ4n) is 4.13. The van der Waals surface area contributed by atoms with Crippen molar-refractivity contribution in [1.29, 1.82) is 0 Å². The van der Waals surface area contributed by atoms with E-state index in [0.717, 1.165) is 6.20 Å². The smallest absolute Gasteiger partial charge is 0.223 e. The zero-order chi connectivity index (χ0) is 24.8. The summed E-state index contributed by atoms with van der Waals surface area (Å²) in [5.41, 5.74) is -0.134. The Balaban J connectivity index is 1.84. The highest BCUT2D eigenvalue weighted by Crippen LogP contribution is 2.37. The molecule has 184 valence electrons. The van der Waals surface area contributed by atoms with Crippen molar-refractivity contribution in [1.82, 2.24) is 19.4 Å². The Morgan fingerprint density at radius 3 is 2.59 bits per heavy atom. The van der Waals surface area contributed by atoms with E-state index in [1.807, 2.05) is 27.7 Å². The number of fused-ring (bicyclic) bond motifs is 1. The Labute approximate surface area is 197 Å². The van der Waals surface area contributed by atoms with E-state index in [9.17, 15) is 14.6 Å². The second-order valence-corrected chi connectivity index (χ2v) is 9.64. The fraction of sp³-hybridized carbons (Fsp3) is 0.542. The monoisotopic (exact) mass is 475 g/mol. The number of hydrogen-bond donors (Lipinski definition) is 3. The molecule has 3 aromatic heterocycles. The zero-order valence-corrected chi connectivity index (χ0v) is 20.0. The predicted molar refractivity (Wildman–Crippen MR) is 123 cm³/mol. The molecule has 4 heterocycles. The third-order valence-corrected chi connectivity index (χ3v) is 6.51. The molecule has 3 atom stereocenters. The molecule has 1 aliphatic rings. The van der Waals surface area contributed by atoms with Crippen LogP contribution >= 0.6 is 0 Å². The molecule has 0 aliphatic carbocycles. The lowest BCUT2D eigenvalue weighted by Gasteiger charge is -2.29. The van der Waals surface area contributed by atoms with Gasteiger partial charge in [-0.15, -0.1) is 0 Å². The van der Waals surface area contributed by atoms with E-state index in [1.165, 1.54) is 10.5 Å². The van der Waals surface area contributed by atoms with Gasteiger partial charge in [0.25, 0.3) is 0 Å². The molecule has 1 fully saturated rings. The van der Waals surface area contributed by atoms with Crippen LogP contribution in [0.15, 0.2) is 18.5 Å². The van der Waals surface area contributed by atoms with Crippen molar-refractivity contribution in [2.45, 2.75) is 64.7 Å². The number of nitrogens with zero attached hydrogens (tertiary/aromatic N) is 4. The lowest BCUT2D eigenvalue weighted by Crippen LogP contribution is -2.42. The molecule has 8 nitrogen and oxygen atoms in total. The maximum atomic E-state index is 15.2. The largest absolute Gasteiger partial charge is 0.389 e. The van der Waals surface area contributed by atoms with Crippen LogP contribution in [0.4, 0.5) is 14.7 Å². The molecule has 0 bridgehead atoms. The maximum absolute atomic E-state index is 15.2. The Morgan fingerprint density at radius 2 is 1.94 bits per heavy atom. The van der Waals surface area contributed by atoms with Crippen LogP contribution in [0.3, 0.4) is 0 Å². The van der Waals surface area contributed by atoms with Gasteiger partial charge < -0.3 is 20.3 Å². The summed E-state index contributed by atoms with van der Waals surface area (Å²) in [7, 11) is 0. The Bertz CT molecular complexity index is 1200. The second kappa shape index (κ2) is 9.16. The van der Waals surface area contributed by atoms with Crippen molar-refractivity contribution in [2.24, 2.45) is 5.92 Å². The molecule has 3 aromatic rings. The van der Waals surface area contributed by atoms with Gasteiger partial charge in [-0.25, -0.2) is 23.7 Å². The van der Waals surface area contributed by atoms with Crippen molar-refractivity contribution >= 4 is 11.6 Å². The van der Waals surface area contributed by atoms with Crippen LogP contribution in [0.1, 0.15) is 58.3 Å². The molecule has 4 rings (SSSR count). The van der Waals surface area contributed by atoms with Crippen LogP contribution in [-0.2, 0) is 10.3 Å². The second-order valence-electron chi connectivity index (χ2n) is 9.64. The number of hydrogen-bond acceptors (Lipinski definition) is 7. The first-order valence-corrected chi connectivity index (χ1v) is 11.5. The number of rotatable bonds is 6. The van der Waals surface area contributed by atoms with Crippen LogP contribution in [0, 0.1) is 17.6 Å². The third-order valence-electron chi connectivity index (χ3n) is 6.51. The standard InChI is InChI=1S/C24H31F2N5O3/c1-12(2)19-21(24(5,33)13(3)4)31-10-14(8-15(25)22(31)29-19)20-16(26)9-27-23(30-20)28-17-6-7-34-11-18(17)32/h8-10,12-13,17-18,32-33H,6-7,11H2,1-5H3,(H,27,28,30)/t17-,18-,24?/m1/s1. The van der Waals surface area contributed by atoms with Gasteiger partial charge in [0.15, 0.2) is 17.3 Å². The average molecular weight is 476 g/mol. The molecule has 0 spiro atoms. The molecule has 0 saturated carbocycles. The summed E-state index contributed by atoms with van der Waals surface area (Å²) < 4.78 is 36.8. The summed E-state index contributed by atoms with van der Waals surface area (Å²) in [6, 6.07) is 0.833. The topological polar surface area (TPSA) is 105 Å². The van der Waals surface area contributed by atoms with E-state index < -0.39 is 23.3 Å². The summed E-state index contributed by atoms with van der Waals surface area (Å²) in [6.07, 6.45) is 2.35. The number of nitrogens with one attached hydrogen (secondary N) is 1. The van der Waals surface area contributed by atoms with E-state index in [0.29, 0.717) is 24.4 Å². The molecule has 1 aliphatic heterocycles. The molecule has 1 saturated heterocycles. The van der Waals surface area contributed by atoms with Crippen molar-refractivity contribution < 1.29 is 23.7 Å². The molecule has 10 heteroatoms. The van der Waals surface area contributed by atoms with E-state index in [1.54, 1.807) is 13.1 Å². The molecule has 1 unspecified atom stereocenters. The summed E-state index contributed by atoms with van der Waals surface area (Å²) in [6.45, 7) is 9.92. The predicted octanol–water partition coefficient (Wildman–Crippen LogP) is 3.62. The number of aromatic nitrogens is 4. The van der Waals surface area contributed by atoms with Gasteiger partial charge in [0.2, 0.25) is 5.95 Å². The van der Waals surface area contributed by atoms with E-state index in [-0.39, 0.29) is 47.3 Å². The molecule has 0 aromatic carbocycles. The van der Waals surface area contributed by atoms with Crippen LogP contribution in [0.5, 0.6) is 0 Å². The Morgan fingerprint density at radius 1 is 1.21 bits per heavy atom. The van der Waals surface area contributed by atoms with Gasteiger partial charge in [-0.2, -0.15) is 0 Å². The molecular weight excluding hydrogens is 444 g/mol. The number of anilines is 1. The van der Waals surface area contributed by atoms with Crippen LogP contribution in [0.25, 0.3) is 16.9 Å². The van der Waals surface area contributed by atoms with E-state index >= 15 is 4.39 Å². The molecule has 0 radical (unpaired) electrons. The summed E-state index contributed by atoms with van der Waals surface area (Å²) >= 11 is 0. The first-order chi connectivity index (χ1) is 16.0.